The summed E-state index contributed by atoms with van der Waals surface area (Å²) in [7, 11) is 0. The standard InChI is InChI=1S/C25H27NO4.ClH/c1-3-16-11-22(28)30-20-10-15(2)9-19(23(16)20)29-13-18-24(17-7-5-4-6-8-17)25(18)14-26-12-21(25)27;/h4-11,18,21,24,26-27H,3,12-14H2,1-2H3;1H/t18-,21-,24-,25-;/m1./s1. The molecule has 0 bridgehead atoms. The van der Waals surface area contributed by atoms with Crippen molar-refractivity contribution in [2.45, 2.75) is 32.3 Å². The van der Waals surface area contributed by atoms with Crippen LogP contribution in [0.4, 0.5) is 0 Å². The van der Waals surface area contributed by atoms with Crippen LogP contribution >= 0.6 is 12.4 Å². The van der Waals surface area contributed by atoms with Crippen LogP contribution in [0.5, 0.6) is 5.75 Å². The Balaban J connectivity index is 0.00000231. The molecule has 3 aromatic rings. The van der Waals surface area contributed by atoms with Gasteiger partial charge in [-0.2, -0.15) is 0 Å². The molecule has 0 unspecified atom stereocenters. The summed E-state index contributed by atoms with van der Waals surface area (Å²) in [6, 6.07) is 15.9. The third-order valence-electron chi connectivity index (χ3n) is 6.94. The Morgan fingerprint density at radius 1 is 1.23 bits per heavy atom. The van der Waals surface area contributed by atoms with E-state index in [1.807, 2.05) is 32.0 Å². The zero-order valence-electron chi connectivity index (χ0n) is 17.8. The third-order valence-corrected chi connectivity index (χ3v) is 6.94. The molecule has 1 aliphatic heterocycles. The molecule has 2 aliphatic rings. The lowest BCUT2D eigenvalue weighted by Gasteiger charge is -2.16. The van der Waals surface area contributed by atoms with Crippen molar-refractivity contribution in [2.24, 2.45) is 11.3 Å². The Kier molecular flexibility index (Phi) is 5.86. The summed E-state index contributed by atoms with van der Waals surface area (Å²) >= 11 is 0. The smallest absolute Gasteiger partial charge is 0.336 e. The number of fused-ring (bicyclic) bond motifs is 1. The summed E-state index contributed by atoms with van der Waals surface area (Å²) in [6.45, 7) is 5.93. The van der Waals surface area contributed by atoms with Gasteiger partial charge in [-0.05, 0) is 42.2 Å². The van der Waals surface area contributed by atoms with Crippen molar-refractivity contribution in [1.29, 1.82) is 0 Å². The quantitative estimate of drug-likeness (QED) is 0.589. The highest BCUT2D eigenvalue weighted by molar-refractivity contribution is 5.87. The first-order chi connectivity index (χ1) is 14.5. The van der Waals surface area contributed by atoms with E-state index in [-0.39, 0.29) is 41.4 Å². The molecule has 1 aliphatic carbocycles. The van der Waals surface area contributed by atoms with Gasteiger partial charge in [0.05, 0.1) is 18.1 Å². The highest BCUT2D eigenvalue weighted by atomic mass is 35.5. The molecule has 5 nitrogen and oxygen atoms in total. The van der Waals surface area contributed by atoms with Gasteiger partial charge in [0.25, 0.3) is 0 Å². The van der Waals surface area contributed by atoms with Crippen LogP contribution in [0.1, 0.15) is 29.5 Å². The lowest BCUT2D eigenvalue weighted by molar-refractivity contribution is 0.115. The van der Waals surface area contributed by atoms with E-state index < -0.39 is 0 Å². The molecule has 2 fully saturated rings. The summed E-state index contributed by atoms with van der Waals surface area (Å²) in [5.41, 5.74) is 3.23. The number of hydrogen-bond acceptors (Lipinski definition) is 5. The molecule has 2 aromatic carbocycles. The van der Waals surface area contributed by atoms with Gasteiger partial charge in [0, 0.05) is 36.4 Å². The van der Waals surface area contributed by atoms with Crippen LogP contribution in [-0.4, -0.2) is 30.9 Å². The SMILES string of the molecule is CCc1cc(=O)oc2cc(C)cc(OC[C@@H]3[C@@H](c4ccccc4)[C@]34CNC[C@H]4O)c12.Cl. The molecule has 31 heavy (non-hydrogen) atoms. The number of ether oxygens (including phenoxy) is 1. The lowest BCUT2D eigenvalue weighted by Crippen LogP contribution is -2.24. The maximum absolute atomic E-state index is 11.9. The van der Waals surface area contributed by atoms with E-state index in [1.54, 1.807) is 6.07 Å². The largest absolute Gasteiger partial charge is 0.492 e. The Morgan fingerprint density at radius 3 is 2.68 bits per heavy atom. The van der Waals surface area contributed by atoms with Crippen LogP contribution in [0.25, 0.3) is 11.0 Å². The van der Waals surface area contributed by atoms with Crippen molar-refractivity contribution in [3.8, 4) is 5.75 Å². The predicted octanol–water partition coefficient (Wildman–Crippen LogP) is 3.83. The van der Waals surface area contributed by atoms with Crippen LogP contribution in [-0.2, 0) is 6.42 Å². The zero-order valence-corrected chi connectivity index (χ0v) is 18.6. The molecule has 2 heterocycles. The Hall–Kier alpha value is -2.34. The normalized spacial score (nSPS) is 26.7. The van der Waals surface area contributed by atoms with Gasteiger partial charge in [0.15, 0.2) is 0 Å². The molecule has 0 radical (unpaired) electrons. The first kappa shape index (κ1) is 21.9. The molecule has 2 N–H and O–H groups in total. The van der Waals surface area contributed by atoms with Crippen molar-refractivity contribution in [3.63, 3.8) is 0 Å². The fourth-order valence-corrected chi connectivity index (χ4v) is 5.47. The molecule has 4 atom stereocenters. The van der Waals surface area contributed by atoms with E-state index in [1.165, 1.54) is 5.56 Å². The van der Waals surface area contributed by atoms with Gasteiger partial charge in [0.2, 0.25) is 0 Å². The van der Waals surface area contributed by atoms with Crippen molar-refractivity contribution in [3.05, 3.63) is 75.6 Å². The van der Waals surface area contributed by atoms with Crippen molar-refractivity contribution >= 4 is 23.4 Å². The van der Waals surface area contributed by atoms with Gasteiger partial charge in [-0.1, -0.05) is 37.3 Å². The summed E-state index contributed by atoms with van der Waals surface area (Å²) < 4.78 is 11.9. The van der Waals surface area contributed by atoms with Gasteiger partial charge < -0.3 is 19.6 Å². The molecule has 1 saturated heterocycles. The van der Waals surface area contributed by atoms with Gasteiger partial charge in [-0.3, -0.25) is 0 Å². The second kappa shape index (κ2) is 8.30. The topological polar surface area (TPSA) is 71.7 Å². The molecule has 0 amide bonds. The highest BCUT2D eigenvalue weighted by Crippen LogP contribution is 2.67. The minimum Gasteiger partial charge on any atom is -0.492 e. The van der Waals surface area contributed by atoms with Gasteiger partial charge in [-0.15, -0.1) is 12.4 Å². The van der Waals surface area contributed by atoms with Crippen LogP contribution in [0.3, 0.4) is 0 Å². The molecule has 6 heteroatoms. The van der Waals surface area contributed by atoms with Crippen LogP contribution in [0.2, 0.25) is 0 Å². The number of hydrogen-bond donors (Lipinski definition) is 2. The van der Waals surface area contributed by atoms with Gasteiger partial charge >= 0.3 is 5.63 Å². The molecular formula is C25H28ClNO4. The minimum atomic E-state index is -0.380. The first-order valence-corrected chi connectivity index (χ1v) is 10.7. The van der Waals surface area contributed by atoms with Crippen molar-refractivity contribution in [1.82, 2.24) is 5.32 Å². The van der Waals surface area contributed by atoms with Crippen LogP contribution in [0.15, 0.2) is 57.7 Å². The maximum atomic E-state index is 11.9. The van der Waals surface area contributed by atoms with E-state index in [0.29, 0.717) is 18.7 Å². The minimum absolute atomic E-state index is 0. The fraction of sp³-hybridized carbons (Fsp3) is 0.400. The average molecular weight is 442 g/mol. The molecule has 1 saturated carbocycles. The van der Waals surface area contributed by atoms with Crippen molar-refractivity contribution < 1.29 is 14.3 Å². The van der Waals surface area contributed by atoms with Crippen LogP contribution < -0.4 is 15.7 Å². The molecule has 1 aromatic heterocycles. The summed E-state index contributed by atoms with van der Waals surface area (Å²) in [5.74, 6) is 1.24. The molecule has 5 rings (SSSR count). The zero-order chi connectivity index (χ0) is 20.9. The van der Waals surface area contributed by atoms with E-state index >= 15 is 0 Å². The maximum Gasteiger partial charge on any atom is 0.336 e. The number of rotatable bonds is 5. The number of benzene rings is 2. The number of halogens is 1. The fourth-order valence-electron chi connectivity index (χ4n) is 5.47. The molecule has 164 valence electrons. The Bertz CT molecular complexity index is 1150. The Labute approximate surface area is 187 Å². The first-order valence-electron chi connectivity index (χ1n) is 10.7. The van der Waals surface area contributed by atoms with E-state index in [0.717, 1.165) is 35.2 Å². The number of aryl methyl sites for hydroxylation is 2. The second-order valence-electron chi connectivity index (χ2n) is 8.65. The summed E-state index contributed by atoms with van der Waals surface area (Å²) in [6.07, 6.45) is 0.347. The van der Waals surface area contributed by atoms with Crippen molar-refractivity contribution in [2.75, 3.05) is 19.7 Å². The highest BCUT2D eigenvalue weighted by Gasteiger charge is 2.70. The number of nitrogens with one attached hydrogen (secondary N) is 1. The molecule has 1 spiro atoms. The number of aliphatic hydroxyl groups is 1. The van der Waals surface area contributed by atoms with Crippen LogP contribution in [0, 0.1) is 18.3 Å². The van der Waals surface area contributed by atoms with E-state index in [4.69, 9.17) is 9.15 Å². The Morgan fingerprint density at radius 2 is 2.00 bits per heavy atom. The van der Waals surface area contributed by atoms with Gasteiger partial charge in [-0.25, -0.2) is 4.79 Å². The predicted molar refractivity (Wildman–Crippen MR) is 123 cm³/mol. The second-order valence-corrected chi connectivity index (χ2v) is 8.65. The lowest BCUT2D eigenvalue weighted by atomic mass is 9.95. The monoisotopic (exact) mass is 441 g/mol. The number of aliphatic hydroxyl groups excluding tert-OH is 1. The van der Waals surface area contributed by atoms with Gasteiger partial charge in [0.1, 0.15) is 11.3 Å². The summed E-state index contributed by atoms with van der Waals surface area (Å²) in [5, 5.41) is 15.0. The summed E-state index contributed by atoms with van der Waals surface area (Å²) in [4.78, 5) is 11.9. The van der Waals surface area contributed by atoms with E-state index in [9.17, 15) is 9.90 Å². The molecular weight excluding hydrogens is 414 g/mol. The third kappa shape index (κ3) is 3.55. The number of β-amino-alcohol motifs (C(OH)–C–C–N with tert-alkyl or cyclic N) is 1. The average Bonchev–Trinajstić information content (AvgIpc) is 3.23. The van der Waals surface area contributed by atoms with E-state index in [2.05, 4.69) is 29.6 Å².